The minimum Gasteiger partial charge on any atom is -0.497 e. The average Bonchev–Trinajstić information content (AvgIpc) is 2.16. The SMILES string of the molecule is COc1cccc([C@@H](F)C(N)=O)c1. The van der Waals surface area contributed by atoms with Crippen LogP contribution in [0.25, 0.3) is 0 Å². The molecule has 1 aromatic carbocycles. The van der Waals surface area contributed by atoms with Crippen LogP contribution in [0.4, 0.5) is 4.39 Å². The fourth-order valence-electron chi connectivity index (χ4n) is 0.963. The zero-order chi connectivity index (χ0) is 9.84. The molecule has 0 aliphatic carbocycles. The number of ether oxygens (including phenoxy) is 1. The van der Waals surface area contributed by atoms with E-state index < -0.39 is 12.1 Å². The lowest BCUT2D eigenvalue weighted by atomic mass is 10.1. The van der Waals surface area contributed by atoms with Gasteiger partial charge in [0.05, 0.1) is 7.11 Å². The maximum Gasteiger partial charge on any atom is 0.256 e. The lowest BCUT2D eigenvalue weighted by Crippen LogP contribution is -2.17. The Morgan fingerprint density at radius 3 is 2.85 bits per heavy atom. The van der Waals surface area contributed by atoms with E-state index in [1.807, 2.05) is 0 Å². The normalized spacial score (nSPS) is 12.2. The van der Waals surface area contributed by atoms with Gasteiger partial charge in [-0.05, 0) is 17.7 Å². The van der Waals surface area contributed by atoms with E-state index in [1.165, 1.54) is 19.2 Å². The van der Waals surface area contributed by atoms with Crippen LogP contribution in [0.3, 0.4) is 0 Å². The number of rotatable bonds is 3. The smallest absolute Gasteiger partial charge is 0.256 e. The Balaban J connectivity index is 2.94. The van der Waals surface area contributed by atoms with Gasteiger partial charge in [-0.15, -0.1) is 0 Å². The molecule has 0 aliphatic rings. The van der Waals surface area contributed by atoms with E-state index >= 15 is 0 Å². The lowest BCUT2D eigenvalue weighted by molar-refractivity contribution is -0.122. The van der Waals surface area contributed by atoms with Crippen LogP contribution in [0.2, 0.25) is 0 Å². The molecule has 3 nitrogen and oxygen atoms in total. The van der Waals surface area contributed by atoms with Crippen LogP contribution < -0.4 is 10.5 Å². The Morgan fingerprint density at radius 1 is 1.62 bits per heavy atom. The maximum atomic E-state index is 13.0. The lowest BCUT2D eigenvalue weighted by Gasteiger charge is -2.05. The van der Waals surface area contributed by atoms with Crippen molar-refractivity contribution in [3.63, 3.8) is 0 Å². The van der Waals surface area contributed by atoms with E-state index in [2.05, 4.69) is 0 Å². The fourth-order valence-corrected chi connectivity index (χ4v) is 0.963. The molecule has 1 aromatic rings. The number of benzene rings is 1. The summed E-state index contributed by atoms with van der Waals surface area (Å²) in [5.74, 6) is -0.491. The van der Waals surface area contributed by atoms with Crippen LogP contribution in [0, 0.1) is 0 Å². The van der Waals surface area contributed by atoms with Crippen LogP contribution in [0.5, 0.6) is 5.75 Å². The second-order valence-corrected chi connectivity index (χ2v) is 2.54. The van der Waals surface area contributed by atoms with Crippen molar-refractivity contribution in [3.05, 3.63) is 29.8 Å². The van der Waals surface area contributed by atoms with Crippen molar-refractivity contribution in [2.75, 3.05) is 7.11 Å². The summed E-state index contributed by atoms with van der Waals surface area (Å²) >= 11 is 0. The van der Waals surface area contributed by atoms with Crippen molar-refractivity contribution in [2.24, 2.45) is 5.73 Å². The summed E-state index contributed by atoms with van der Waals surface area (Å²) in [6.07, 6.45) is -1.77. The van der Waals surface area contributed by atoms with Gasteiger partial charge in [-0.2, -0.15) is 0 Å². The summed E-state index contributed by atoms with van der Waals surface area (Å²) in [6.45, 7) is 0. The number of primary amides is 1. The quantitative estimate of drug-likeness (QED) is 0.765. The first-order valence-electron chi connectivity index (χ1n) is 3.72. The number of nitrogens with two attached hydrogens (primary N) is 1. The van der Waals surface area contributed by atoms with Crippen LogP contribution in [0.15, 0.2) is 24.3 Å². The first kappa shape index (κ1) is 9.51. The van der Waals surface area contributed by atoms with E-state index in [0.717, 1.165) is 0 Å². The average molecular weight is 183 g/mol. The Labute approximate surface area is 75.3 Å². The molecule has 70 valence electrons. The molecule has 0 radical (unpaired) electrons. The standard InChI is InChI=1S/C9H10FNO2/c1-13-7-4-2-3-6(5-7)8(10)9(11)12/h2-5,8H,1H3,(H2,11,12)/t8-/m1/s1. The molecule has 0 aliphatic heterocycles. The van der Waals surface area contributed by atoms with Gasteiger partial charge in [-0.25, -0.2) is 4.39 Å². The van der Waals surface area contributed by atoms with E-state index in [1.54, 1.807) is 12.1 Å². The van der Waals surface area contributed by atoms with Crippen LogP contribution >= 0.6 is 0 Å². The molecule has 0 aromatic heterocycles. The largest absolute Gasteiger partial charge is 0.497 e. The van der Waals surface area contributed by atoms with Gasteiger partial charge in [-0.1, -0.05) is 12.1 Å². The van der Waals surface area contributed by atoms with Gasteiger partial charge in [-0.3, -0.25) is 4.79 Å². The molecule has 1 rings (SSSR count). The third-order valence-electron chi connectivity index (χ3n) is 1.64. The molecule has 0 saturated carbocycles. The molecule has 0 spiro atoms. The number of hydrogen-bond acceptors (Lipinski definition) is 2. The van der Waals surface area contributed by atoms with Crippen LogP contribution in [-0.4, -0.2) is 13.0 Å². The predicted octanol–water partition coefficient (Wildman–Crippen LogP) is 1.19. The summed E-state index contributed by atoms with van der Waals surface area (Å²) in [5, 5.41) is 0. The van der Waals surface area contributed by atoms with Gasteiger partial charge in [0.2, 0.25) is 6.17 Å². The maximum absolute atomic E-state index is 13.0. The van der Waals surface area contributed by atoms with Crippen molar-refractivity contribution in [2.45, 2.75) is 6.17 Å². The summed E-state index contributed by atoms with van der Waals surface area (Å²) < 4.78 is 17.9. The van der Waals surface area contributed by atoms with Gasteiger partial charge in [0.1, 0.15) is 5.75 Å². The van der Waals surface area contributed by atoms with Gasteiger partial charge < -0.3 is 10.5 Å². The highest BCUT2D eigenvalue weighted by Crippen LogP contribution is 2.21. The van der Waals surface area contributed by atoms with Crippen LogP contribution in [0.1, 0.15) is 11.7 Å². The zero-order valence-electron chi connectivity index (χ0n) is 7.16. The van der Waals surface area contributed by atoms with Crippen molar-refractivity contribution in [1.29, 1.82) is 0 Å². The number of alkyl halides is 1. The van der Waals surface area contributed by atoms with Crippen molar-refractivity contribution < 1.29 is 13.9 Å². The molecule has 0 bridgehead atoms. The van der Waals surface area contributed by atoms with Crippen molar-refractivity contribution in [3.8, 4) is 5.75 Å². The number of carbonyl (C=O) groups is 1. The highest BCUT2D eigenvalue weighted by Gasteiger charge is 2.16. The molecule has 0 fully saturated rings. The van der Waals surface area contributed by atoms with Crippen molar-refractivity contribution in [1.82, 2.24) is 0 Å². The van der Waals surface area contributed by atoms with Gasteiger partial charge >= 0.3 is 0 Å². The topological polar surface area (TPSA) is 52.3 Å². The molecule has 13 heavy (non-hydrogen) atoms. The molecular formula is C9H10FNO2. The number of hydrogen-bond donors (Lipinski definition) is 1. The number of methoxy groups -OCH3 is 1. The monoisotopic (exact) mass is 183 g/mol. The Hall–Kier alpha value is -1.58. The molecule has 1 amide bonds. The highest BCUT2D eigenvalue weighted by atomic mass is 19.1. The van der Waals surface area contributed by atoms with Gasteiger partial charge in [0.15, 0.2) is 0 Å². The highest BCUT2D eigenvalue weighted by molar-refractivity contribution is 5.80. The van der Waals surface area contributed by atoms with Gasteiger partial charge in [0, 0.05) is 0 Å². The minimum atomic E-state index is -1.77. The van der Waals surface area contributed by atoms with Crippen molar-refractivity contribution >= 4 is 5.91 Å². The van der Waals surface area contributed by atoms with E-state index in [9.17, 15) is 9.18 Å². The van der Waals surface area contributed by atoms with Crippen LogP contribution in [-0.2, 0) is 4.79 Å². The summed E-state index contributed by atoms with van der Waals surface area (Å²) in [5.41, 5.74) is 5.02. The number of halogens is 1. The number of amides is 1. The predicted molar refractivity (Wildman–Crippen MR) is 46.0 cm³/mol. The Morgan fingerprint density at radius 2 is 2.31 bits per heavy atom. The zero-order valence-corrected chi connectivity index (χ0v) is 7.16. The summed E-state index contributed by atoms with van der Waals surface area (Å²) in [7, 11) is 1.47. The molecule has 4 heteroatoms. The Bertz CT molecular complexity index is 314. The first-order chi connectivity index (χ1) is 6.15. The third kappa shape index (κ3) is 2.18. The fraction of sp³-hybridized carbons (Fsp3) is 0.222. The molecular weight excluding hydrogens is 173 g/mol. The van der Waals surface area contributed by atoms with E-state index in [0.29, 0.717) is 5.75 Å². The summed E-state index contributed by atoms with van der Waals surface area (Å²) in [6, 6.07) is 6.19. The molecule has 0 heterocycles. The molecule has 0 saturated heterocycles. The van der Waals surface area contributed by atoms with E-state index in [-0.39, 0.29) is 5.56 Å². The molecule has 1 atom stereocenters. The first-order valence-corrected chi connectivity index (χ1v) is 3.72. The third-order valence-corrected chi connectivity index (χ3v) is 1.64. The Kier molecular flexibility index (Phi) is 2.84. The summed E-state index contributed by atoms with van der Waals surface area (Å²) in [4.78, 5) is 10.5. The van der Waals surface area contributed by atoms with Gasteiger partial charge in [0.25, 0.3) is 5.91 Å². The second-order valence-electron chi connectivity index (χ2n) is 2.54. The molecule has 2 N–H and O–H groups in total. The minimum absolute atomic E-state index is 0.215. The second kappa shape index (κ2) is 3.89. The molecule has 0 unspecified atom stereocenters. The number of carbonyl (C=O) groups excluding carboxylic acids is 1. The van der Waals surface area contributed by atoms with E-state index in [4.69, 9.17) is 10.5 Å².